The van der Waals surface area contributed by atoms with E-state index < -0.39 is 22.7 Å². The number of benzene rings is 2. The van der Waals surface area contributed by atoms with Crippen molar-refractivity contribution < 1.29 is 19.6 Å². The molecule has 1 unspecified atom stereocenters. The Morgan fingerprint density at radius 2 is 1.77 bits per heavy atom. The first kappa shape index (κ1) is 21.2. The number of nitro benzene ring substituents is 1. The molecule has 3 rings (SSSR count). The smallest absolute Gasteiger partial charge is 0.295 e. The zero-order chi connectivity index (χ0) is 22.0. The Morgan fingerprint density at radius 3 is 2.33 bits per heavy atom. The van der Waals surface area contributed by atoms with Crippen LogP contribution in [0.5, 0.6) is 0 Å². The van der Waals surface area contributed by atoms with Gasteiger partial charge in [-0.2, -0.15) is 0 Å². The predicted molar refractivity (Wildman–Crippen MR) is 112 cm³/mol. The van der Waals surface area contributed by atoms with Gasteiger partial charge in [0.15, 0.2) is 0 Å². The van der Waals surface area contributed by atoms with Gasteiger partial charge in [-0.3, -0.25) is 19.7 Å². The largest absolute Gasteiger partial charge is 0.507 e. The van der Waals surface area contributed by atoms with Crippen LogP contribution in [-0.2, 0) is 9.59 Å². The van der Waals surface area contributed by atoms with Crippen LogP contribution >= 0.6 is 0 Å². The molecule has 2 aromatic carbocycles. The lowest BCUT2D eigenvalue weighted by Gasteiger charge is -2.27. The number of likely N-dealkylation sites (N-methyl/N-ethyl adjacent to an activating group) is 1. The van der Waals surface area contributed by atoms with E-state index in [1.807, 2.05) is 50.2 Å². The molecule has 0 aromatic heterocycles. The second kappa shape index (κ2) is 8.46. The molecule has 1 N–H and O–H groups in total. The Bertz CT molecular complexity index is 1030. The molecule has 8 heteroatoms. The maximum Gasteiger partial charge on any atom is 0.295 e. The molecule has 0 saturated carbocycles. The first-order chi connectivity index (χ1) is 14.2. The van der Waals surface area contributed by atoms with Gasteiger partial charge in [-0.15, -0.1) is 0 Å². The summed E-state index contributed by atoms with van der Waals surface area (Å²) in [6.45, 7) is 2.74. The molecule has 156 valence electrons. The maximum absolute atomic E-state index is 12.9. The van der Waals surface area contributed by atoms with Crippen molar-refractivity contribution in [3.8, 4) is 0 Å². The predicted octanol–water partition coefficient (Wildman–Crippen LogP) is 2.89. The van der Waals surface area contributed by atoms with Crippen molar-refractivity contribution in [1.29, 1.82) is 0 Å². The summed E-state index contributed by atoms with van der Waals surface area (Å²) in [6.07, 6.45) is 0. The topological polar surface area (TPSA) is 104 Å². The molecule has 1 aliphatic heterocycles. The second-order valence-corrected chi connectivity index (χ2v) is 7.46. The number of aliphatic hydroxyl groups excluding tert-OH is 1. The highest BCUT2D eigenvalue weighted by molar-refractivity contribution is 6.46. The number of carbonyl (C=O) groups excluding carboxylic acids is 2. The molecular formula is C22H23N3O5. The van der Waals surface area contributed by atoms with Gasteiger partial charge < -0.3 is 14.9 Å². The molecular weight excluding hydrogens is 386 g/mol. The van der Waals surface area contributed by atoms with Crippen LogP contribution in [0.4, 0.5) is 5.69 Å². The van der Waals surface area contributed by atoms with E-state index >= 15 is 0 Å². The lowest BCUT2D eigenvalue weighted by atomic mass is 9.92. The van der Waals surface area contributed by atoms with E-state index in [1.165, 1.54) is 29.2 Å². The summed E-state index contributed by atoms with van der Waals surface area (Å²) in [6, 6.07) is 11.9. The number of Topliss-reactive ketones (excluding diaryl/α,β-unsaturated/α-hetero) is 1. The number of amides is 1. The minimum atomic E-state index is -0.766. The number of likely N-dealkylation sites (tertiary alicyclic amines) is 1. The minimum absolute atomic E-state index is 0.0121. The number of aliphatic hydroxyl groups is 1. The Hall–Kier alpha value is -3.52. The Kier molecular flexibility index (Phi) is 5.98. The summed E-state index contributed by atoms with van der Waals surface area (Å²) in [5, 5.41) is 21.9. The number of hydrogen-bond donors (Lipinski definition) is 1. The zero-order valence-corrected chi connectivity index (χ0v) is 17.0. The number of ketones is 1. The van der Waals surface area contributed by atoms with Gasteiger partial charge in [0.2, 0.25) is 0 Å². The van der Waals surface area contributed by atoms with Crippen LogP contribution in [0.1, 0.15) is 22.7 Å². The van der Waals surface area contributed by atoms with Gasteiger partial charge in [0, 0.05) is 30.8 Å². The zero-order valence-electron chi connectivity index (χ0n) is 17.0. The van der Waals surface area contributed by atoms with E-state index in [1.54, 1.807) is 0 Å². The Labute approximate surface area is 174 Å². The van der Waals surface area contributed by atoms with Crippen molar-refractivity contribution in [3.63, 3.8) is 0 Å². The van der Waals surface area contributed by atoms with Crippen LogP contribution < -0.4 is 0 Å². The highest BCUT2D eigenvalue weighted by Crippen LogP contribution is 2.40. The molecule has 0 spiro atoms. The van der Waals surface area contributed by atoms with Crippen LogP contribution in [0.2, 0.25) is 0 Å². The summed E-state index contributed by atoms with van der Waals surface area (Å²) < 4.78 is 0. The molecule has 0 bridgehead atoms. The molecule has 1 aliphatic rings. The molecule has 2 aromatic rings. The van der Waals surface area contributed by atoms with Crippen LogP contribution in [0.15, 0.2) is 54.1 Å². The number of nitrogens with zero attached hydrogens (tertiary/aromatic N) is 3. The molecule has 0 radical (unpaired) electrons. The second-order valence-electron chi connectivity index (χ2n) is 7.46. The van der Waals surface area contributed by atoms with Crippen LogP contribution in [0, 0.1) is 17.0 Å². The molecule has 1 amide bonds. The third-order valence-corrected chi connectivity index (χ3v) is 5.16. The van der Waals surface area contributed by atoms with Crippen LogP contribution in [0.3, 0.4) is 0 Å². The summed E-state index contributed by atoms with van der Waals surface area (Å²) >= 11 is 0. The lowest BCUT2D eigenvalue weighted by Crippen LogP contribution is -2.35. The first-order valence-corrected chi connectivity index (χ1v) is 9.46. The maximum atomic E-state index is 12.9. The highest BCUT2D eigenvalue weighted by atomic mass is 16.6. The summed E-state index contributed by atoms with van der Waals surface area (Å²) in [5.41, 5.74) is 1.73. The van der Waals surface area contributed by atoms with E-state index in [-0.39, 0.29) is 22.6 Å². The number of carbonyl (C=O) groups is 2. The fourth-order valence-corrected chi connectivity index (χ4v) is 3.53. The van der Waals surface area contributed by atoms with E-state index in [9.17, 15) is 24.8 Å². The average Bonchev–Trinajstić information content (AvgIpc) is 2.96. The van der Waals surface area contributed by atoms with Gasteiger partial charge in [-0.25, -0.2) is 0 Å². The Morgan fingerprint density at radius 1 is 1.13 bits per heavy atom. The third-order valence-electron chi connectivity index (χ3n) is 5.16. The number of nitro groups is 1. The quantitative estimate of drug-likeness (QED) is 0.259. The number of non-ortho nitro benzene ring substituents is 1. The number of hydrogen-bond acceptors (Lipinski definition) is 6. The van der Waals surface area contributed by atoms with Gasteiger partial charge in [-0.05, 0) is 44.3 Å². The van der Waals surface area contributed by atoms with Gasteiger partial charge >= 0.3 is 0 Å². The summed E-state index contributed by atoms with van der Waals surface area (Å²) in [5.74, 6) is -1.78. The molecule has 1 heterocycles. The van der Waals surface area contributed by atoms with Gasteiger partial charge in [0.25, 0.3) is 17.4 Å². The monoisotopic (exact) mass is 409 g/mol. The van der Waals surface area contributed by atoms with Crippen molar-refractivity contribution in [2.24, 2.45) is 0 Å². The summed E-state index contributed by atoms with van der Waals surface area (Å²) in [7, 11) is 3.74. The molecule has 1 saturated heterocycles. The van der Waals surface area contributed by atoms with Crippen LogP contribution in [0.25, 0.3) is 5.76 Å². The van der Waals surface area contributed by atoms with Crippen molar-refractivity contribution >= 4 is 23.1 Å². The molecule has 30 heavy (non-hydrogen) atoms. The highest BCUT2D eigenvalue weighted by Gasteiger charge is 2.46. The number of rotatable bonds is 6. The third kappa shape index (κ3) is 3.95. The normalized spacial score (nSPS) is 18.3. The van der Waals surface area contributed by atoms with Crippen molar-refractivity contribution in [2.45, 2.75) is 13.0 Å². The minimum Gasteiger partial charge on any atom is -0.507 e. The molecule has 8 nitrogen and oxygen atoms in total. The van der Waals surface area contributed by atoms with Gasteiger partial charge in [0.1, 0.15) is 5.76 Å². The fraction of sp³-hybridized carbons (Fsp3) is 0.273. The SMILES string of the molecule is Cc1ccccc1C1/C(=C(\O)c2ccc([N+](=O)[O-])cc2)C(=O)C(=O)N1CCN(C)C. The average molecular weight is 409 g/mol. The van der Waals surface area contributed by atoms with E-state index in [0.717, 1.165) is 11.1 Å². The van der Waals surface area contributed by atoms with E-state index in [4.69, 9.17) is 0 Å². The van der Waals surface area contributed by atoms with E-state index in [0.29, 0.717) is 13.1 Å². The van der Waals surface area contributed by atoms with Crippen molar-refractivity contribution in [3.05, 3.63) is 80.9 Å². The molecule has 1 fully saturated rings. The lowest BCUT2D eigenvalue weighted by molar-refractivity contribution is -0.384. The van der Waals surface area contributed by atoms with Gasteiger partial charge in [-0.1, -0.05) is 24.3 Å². The molecule has 1 atom stereocenters. The van der Waals surface area contributed by atoms with Crippen molar-refractivity contribution in [2.75, 3.05) is 27.2 Å². The Balaban J connectivity index is 2.15. The summed E-state index contributed by atoms with van der Waals surface area (Å²) in [4.78, 5) is 39.5. The fourth-order valence-electron chi connectivity index (χ4n) is 3.53. The number of aryl methyl sites for hydroxylation is 1. The first-order valence-electron chi connectivity index (χ1n) is 9.46. The van der Waals surface area contributed by atoms with Gasteiger partial charge in [0.05, 0.1) is 16.5 Å². The van der Waals surface area contributed by atoms with Crippen LogP contribution in [-0.4, -0.2) is 58.7 Å². The van der Waals surface area contributed by atoms with E-state index in [2.05, 4.69) is 0 Å². The standard InChI is InChI=1S/C22H23N3O5/c1-14-6-4-5-7-17(14)19-18(21(27)22(28)24(19)13-12-23(2)3)20(26)15-8-10-16(11-9-15)25(29)30/h4-11,19,26H,12-13H2,1-3H3/b20-18+. The van der Waals surface area contributed by atoms with Crippen molar-refractivity contribution in [1.82, 2.24) is 9.80 Å². The molecule has 0 aliphatic carbocycles.